The number of aryl methyl sites for hydroxylation is 1. The normalized spacial score (nSPS) is 22.8. The fourth-order valence-electron chi connectivity index (χ4n) is 3.96. The van der Waals surface area contributed by atoms with Gasteiger partial charge >= 0.3 is 0 Å². The van der Waals surface area contributed by atoms with E-state index < -0.39 is 50.9 Å². The smallest absolute Gasteiger partial charge is 0.264 e. The van der Waals surface area contributed by atoms with E-state index in [9.17, 15) is 27.1 Å². The number of hydrogen-bond donors (Lipinski definition) is 4. The van der Waals surface area contributed by atoms with Gasteiger partial charge in [0.05, 0.1) is 22.3 Å². The molecule has 0 fully saturated rings. The van der Waals surface area contributed by atoms with Crippen molar-refractivity contribution in [2.24, 2.45) is 0 Å². The van der Waals surface area contributed by atoms with Gasteiger partial charge < -0.3 is 10.6 Å². The van der Waals surface area contributed by atoms with E-state index in [0.29, 0.717) is 16.9 Å². The Kier molecular flexibility index (Phi) is 6.23. The van der Waals surface area contributed by atoms with Crippen molar-refractivity contribution in [3.05, 3.63) is 72.1 Å². The standard InChI is InChI=1S/C22H25N3O6S2/c1-15-6-8-16(9-7-15)33(30,31)25-12-11-23-22(27)19(25)14-21(26)24-18-10-13-32(28,29)20-5-3-2-4-17(18)20/h2-9,11-12,18-19,28-29H,10,13-14H2,1H3,(H,23,27)(H,24,26)/t18-,19-/m1/s1. The minimum Gasteiger partial charge on any atom is -0.349 e. The van der Waals surface area contributed by atoms with Crippen LogP contribution in [0.25, 0.3) is 0 Å². The molecular formula is C22H25N3O6S2. The Morgan fingerprint density at radius 3 is 2.61 bits per heavy atom. The van der Waals surface area contributed by atoms with Crippen molar-refractivity contribution in [1.82, 2.24) is 14.9 Å². The largest absolute Gasteiger partial charge is 0.349 e. The Morgan fingerprint density at radius 2 is 1.88 bits per heavy atom. The minimum atomic E-state index is -4.06. The summed E-state index contributed by atoms with van der Waals surface area (Å²) in [6, 6.07) is 11.3. The van der Waals surface area contributed by atoms with Gasteiger partial charge in [0.2, 0.25) is 11.8 Å². The molecule has 2 amide bonds. The number of carbonyl (C=O) groups is 2. The topological polar surface area (TPSA) is 136 Å². The average molecular weight is 492 g/mol. The highest BCUT2D eigenvalue weighted by atomic mass is 32.3. The molecule has 33 heavy (non-hydrogen) atoms. The molecule has 0 aliphatic carbocycles. The van der Waals surface area contributed by atoms with Crippen LogP contribution in [0.1, 0.15) is 30.0 Å². The molecule has 2 aromatic rings. The van der Waals surface area contributed by atoms with Gasteiger partial charge in [-0.05, 0) is 37.1 Å². The summed E-state index contributed by atoms with van der Waals surface area (Å²) in [6.45, 7) is 1.83. The maximum atomic E-state index is 13.2. The number of nitrogens with one attached hydrogen (secondary N) is 2. The van der Waals surface area contributed by atoms with E-state index in [1.165, 1.54) is 24.5 Å². The summed E-state index contributed by atoms with van der Waals surface area (Å²) in [7, 11) is -6.98. The van der Waals surface area contributed by atoms with Crippen LogP contribution in [0.15, 0.2) is 70.7 Å². The van der Waals surface area contributed by atoms with Gasteiger partial charge in [-0.15, -0.1) is 0 Å². The van der Waals surface area contributed by atoms with Gasteiger partial charge in [-0.25, -0.2) is 8.42 Å². The van der Waals surface area contributed by atoms with Gasteiger partial charge in [0.15, 0.2) is 0 Å². The molecule has 2 aliphatic heterocycles. The molecule has 2 aromatic carbocycles. The lowest BCUT2D eigenvalue weighted by Crippen LogP contribution is -2.51. The number of benzene rings is 2. The van der Waals surface area contributed by atoms with Crippen molar-refractivity contribution in [2.45, 2.75) is 41.6 Å². The maximum Gasteiger partial charge on any atom is 0.264 e. The van der Waals surface area contributed by atoms with Gasteiger partial charge in [-0.3, -0.25) is 23.0 Å². The van der Waals surface area contributed by atoms with Crippen LogP contribution in [0.3, 0.4) is 0 Å². The van der Waals surface area contributed by atoms with Crippen LogP contribution in [0.2, 0.25) is 0 Å². The van der Waals surface area contributed by atoms with Crippen molar-refractivity contribution in [3.63, 3.8) is 0 Å². The van der Waals surface area contributed by atoms with Gasteiger partial charge in [0.1, 0.15) is 6.04 Å². The predicted molar refractivity (Wildman–Crippen MR) is 124 cm³/mol. The van der Waals surface area contributed by atoms with Crippen LogP contribution in [-0.2, 0) is 19.6 Å². The lowest BCUT2D eigenvalue weighted by molar-refractivity contribution is -0.129. The summed E-state index contributed by atoms with van der Waals surface area (Å²) in [5.74, 6) is -1.02. The first-order valence-corrected chi connectivity index (χ1v) is 13.5. The third-order valence-electron chi connectivity index (χ3n) is 5.71. The molecule has 2 atom stereocenters. The fourth-order valence-corrected chi connectivity index (χ4v) is 7.08. The highest BCUT2D eigenvalue weighted by Gasteiger charge is 2.38. The van der Waals surface area contributed by atoms with Gasteiger partial charge in [0, 0.05) is 18.2 Å². The Hall–Kier alpha value is -2.86. The van der Waals surface area contributed by atoms with E-state index in [1.807, 2.05) is 6.92 Å². The van der Waals surface area contributed by atoms with E-state index in [-0.39, 0.29) is 10.6 Å². The van der Waals surface area contributed by atoms with Crippen molar-refractivity contribution >= 4 is 32.4 Å². The lowest BCUT2D eigenvalue weighted by atomic mass is 10.0. The monoisotopic (exact) mass is 491 g/mol. The van der Waals surface area contributed by atoms with Crippen LogP contribution >= 0.6 is 10.6 Å². The van der Waals surface area contributed by atoms with Crippen LogP contribution < -0.4 is 10.6 Å². The molecule has 4 rings (SSSR count). The van der Waals surface area contributed by atoms with Crippen molar-refractivity contribution < 1.29 is 27.1 Å². The Morgan fingerprint density at radius 1 is 1.18 bits per heavy atom. The van der Waals surface area contributed by atoms with Crippen LogP contribution in [0.5, 0.6) is 0 Å². The third-order valence-corrected chi connectivity index (χ3v) is 9.39. The molecule has 0 saturated carbocycles. The second kappa shape index (κ2) is 8.82. The second-order valence-electron chi connectivity index (χ2n) is 8.01. The Balaban J connectivity index is 1.55. The molecule has 9 nitrogen and oxygen atoms in total. The van der Waals surface area contributed by atoms with E-state index in [2.05, 4.69) is 10.6 Å². The number of sulfonamides is 1. The molecule has 176 valence electrons. The third kappa shape index (κ3) is 4.62. The van der Waals surface area contributed by atoms with E-state index in [4.69, 9.17) is 0 Å². The van der Waals surface area contributed by atoms with Crippen molar-refractivity contribution in [3.8, 4) is 0 Å². The van der Waals surface area contributed by atoms with Crippen molar-refractivity contribution in [1.29, 1.82) is 0 Å². The summed E-state index contributed by atoms with van der Waals surface area (Å²) in [6.07, 6.45) is 2.38. The Bertz CT molecular complexity index is 1210. The molecule has 0 radical (unpaired) electrons. The first kappa shape index (κ1) is 23.3. The fraction of sp³-hybridized carbons (Fsp3) is 0.273. The van der Waals surface area contributed by atoms with E-state index in [1.54, 1.807) is 36.4 Å². The van der Waals surface area contributed by atoms with E-state index >= 15 is 0 Å². The van der Waals surface area contributed by atoms with Crippen LogP contribution in [-0.4, -0.2) is 45.4 Å². The Labute approximate surface area is 193 Å². The molecule has 0 bridgehead atoms. The zero-order chi connectivity index (χ0) is 23.8. The predicted octanol–water partition coefficient (Wildman–Crippen LogP) is 2.72. The lowest BCUT2D eigenvalue weighted by Gasteiger charge is -2.41. The second-order valence-corrected chi connectivity index (χ2v) is 12.0. The molecule has 0 saturated heterocycles. The summed E-state index contributed by atoms with van der Waals surface area (Å²) < 4.78 is 47.9. The minimum absolute atomic E-state index is 0.0178. The summed E-state index contributed by atoms with van der Waals surface area (Å²) in [5, 5.41) is 5.29. The number of fused-ring (bicyclic) bond motifs is 1. The molecule has 0 spiro atoms. The molecule has 2 heterocycles. The molecular weight excluding hydrogens is 466 g/mol. The maximum absolute atomic E-state index is 13.2. The molecule has 0 unspecified atom stereocenters. The summed E-state index contributed by atoms with van der Waals surface area (Å²) >= 11 is 0. The van der Waals surface area contributed by atoms with Gasteiger partial charge in [0.25, 0.3) is 10.0 Å². The van der Waals surface area contributed by atoms with Gasteiger partial charge in [-0.2, -0.15) is 10.6 Å². The van der Waals surface area contributed by atoms with E-state index in [0.717, 1.165) is 9.87 Å². The zero-order valence-corrected chi connectivity index (χ0v) is 19.5. The first-order valence-electron chi connectivity index (χ1n) is 10.3. The number of carbonyl (C=O) groups excluding carboxylic acids is 2. The zero-order valence-electron chi connectivity index (χ0n) is 17.8. The van der Waals surface area contributed by atoms with Crippen LogP contribution in [0.4, 0.5) is 0 Å². The quantitative estimate of drug-likeness (QED) is 0.508. The average Bonchev–Trinajstić information content (AvgIpc) is 2.77. The molecule has 2 aliphatic rings. The highest BCUT2D eigenvalue weighted by molar-refractivity contribution is 8.24. The summed E-state index contributed by atoms with van der Waals surface area (Å²) in [5.41, 5.74) is 1.50. The number of rotatable bonds is 5. The highest BCUT2D eigenvalue weighted by Crippen LogP contribution is 2.55. The molecule has 0 aromatic heterocycles. The SMILES string of the molecule is Cc1ccc(S(=O)(=O)N2C=CNC(=O)[C@H]2CC(=O)N[C@@H]2CCS(O)(O)c3ccccc32)cc1. The number of amides is 2. The van der Waals surface area contributed by atoms with Crippen LogP contribution in [0, 0.1) is 6.92 Å². The number of hydrogen-bond acceptors (Lipinski definition) is 6. The van der Waals surface area contributed by atoms with Gasteiger partial charge in [-0.1, -0.05) is 35.9 Å². The first-order chi connectivity index (χ1) is 15.6. The summed E-state index contributed by atoms with van der Waals surface area (Å²) in [4.78, 5) is 25.8. The molecule has 11 heteroatoms. The molecule has 4 N–H and O–H groups in total. The van der Waals surface area contributed by atoms with Crippen molar-refractivity contribution in [2.75, 3.05) is 5.75 Å². The number of nitrogens with zero attached hydrogens (tertiary/aromatic N) is 1.